The average molecular weight is 605 g/mol. The van der Waals surface area contributed by atoms with E-state index in [-0.39, 0.29) is 0 Å². The van der Waals surface area contributed by atoms with Crippen LogP contribution in [0.1, 0.15) is 50.7 Å². The van der Waals surface area contributed by atoms with Crippen molar-refractivity contribution in [2.45, 2.75) is 52.4 Å². The Bertz CT molecular complexity index is 2110. The minimum atomic E-state index is 1.17. The van der Waals surface area contributed by atoms with E-state index in [1.54, 1.807) is 0 Å². The highest BCUT2D eigenvalue weighted by Crippen LogP contribution is 2.49. The van der Waals surface area contributed by atoms with Crippen LogP contribution in [0.3, 0.4) is 0 Å². The van der Waals surface area contributed by atoms with Gasteiger partial charge in [-0.1, -0.05) is 112 Å². The molecule has 0 aliphatic carbocycles. The lowest BCUT2D eigenvalue weighted by molar-refractivity contribution is 0.795. The van der Waals surface area contributed by atoms with E-state index in [4.69, 9.17) is 0 Å². The number of unbranched alkanes of at least 4 members (excludes halogenated alkanes) is 2. The number of thiophene rings is 2. The predicted octanol–water partition coefficient (Wildman–Crippen LogP) is 13.6. The lowest BCUT2D eigenvalue weighted by atomic mass is 9.97. The molecule has 0 spiro atoms. The SMILES string of the molecule is CCCCc1ccc(-c2ccc3c(ccc4sc5c(sc6ccc7cc(-c8ccc(CCCC)cc8)ccc7c65)c43)c2)cc1. The molecule has 2 aromatic heterocycles. The van der Waals surface area contributed by atoms with E-state index in [1.165, 1.54) is 123 Å². The summed E-state index contributed by atoms with van der Waals surface area (Å²) >= 11 is 3.91. The molecule has 0 nitrogen and oxygen atoms in total. The van der Waals surface area contributed by atoms with Gasteiger partial charge in [0.25, 0.3) is 0 Å². The van der Waals surface area contributed by atoms with Crippen LogP contribution in [0.4, 0.5) is 0 Å². The normalized spacial score (nSPS) is 12.0. The molecule has 216 valence electrons. The first-order valence-corrected chi connectivity index (χ1v) is 17.8. The van der Waals surface area contributed by atoms with Crippen molar-refractivity contribution >= 4 is 73.8 Å². The third kappa shape index (κ3) is 4.82. The fraction of sp³-hybridized carbons (Fsp3) is 0.190. The largest absolute Gasteiger partial charge is 0.134 e. The number of fused-ring (bicyclic) bond motifs is 9. The Morgan fingerprint density at radius 3 is 1.25 bits per heavy atom. The minimum Gasteiger partial charge on any atom is -0.134 e. The van der Waals surface area contributed by atoms with Gasteiger partial charge in [0.2, 0.25) is 0 Å². The summed E-state index contributed by atoms with van der Waals surface area (Å²) in [6.07, 6.45) is 7.31. The topological polar surface area (TPSA) is 0 Å². The van der Waals surface area contributed by atoms with Gasteiger partial charge in [-0.2, -0.15) is 0 Å². The zero-order valence-electron chi connectivity index (χ0n) is 25.5. The Balaban J connectivity index is 1.20. The number of aryl methyl sites for hydroxylation is 2. The molecule has 0 atom stereocenters. The van der Waals surface area contributed by atoms with Crippen molar-refractivity contribution in [2.75, 3.05) is 0 Å². The third-order valence-electron chi connectivity index (χ3n) is 9.26. The van der Waals surface area contributed by atoms with Crippen LogP contribution in [0.15, 0.2) is 109 Å². The minimum absolute atomic E-state index is 1.17. The highest BCUT2D eigenvalue weighted by atomic mass is 32.1. The van der Waals surface area contributed by atoms with Gasteiger partial charge in [0, 0.05) is 20.2 Å². The molecule has 8 aromatic rings. The van der Waals surface area contributed by atoms with E-state index in [0.717, 1.165) is 0 Å². The molecule has 0 aliphatic rings. The molecule has 0 amide bonds. The smallest absolute Gasteiger partial charge is 0.0548 e. The maximum atomic E-state index is 2.37. The molecule has 2 heteroatoms. The molecule has 0 fully saturated rings. The van der Waals surface area contributed by atoms with Crippen molar-refractivity contribution in [1.82, 2.24) is 0 Å². The Kier molecular flexibility index (Phi) is 7.21. The predicted molar refractivity (Wildman–Crippen MR) is 198 cm³/mol. The van der Waals surface area contributed by atoms with Crippen LogP contribution in [0.5, 0.6) is 0 Å². The number of benzene rings is 6. The van der Waals surface area contributed by atoms with Crippen molar-refractivity contribution in [1.29, 1.82) is 0 Å². The van der Waals surface area contributed by atoms with Crippen LogP contribution < -0.4 is 0 Å². The average Bonchev–Trinajstić information content (AvgIpc) is 3.62. The van der Waals surface area contributed by atoms with Gasteiger partial charge in [-0.15, -0.1) is 22.7 Å². The Morgan fingerprint density at radius 2 is 0.841 bits per heavy atom. The van der Waals surface area contributed by atoms with Crippen molar-refractivity contribution in [2.24, 2.45) is 0 Å². The molecule has 0 aliphatic heterocycles. The third-order valence-corrected chi connectivity index (χ3v) is 11.7. The molecule has 0 radical (unpaired) electrons. The highest BCUT2D eigenvalue weighted by molar-refractivity contribution is 7.37. The summed E-state index contributed by atoms with van der Waals surface area (Å²) in [5, 5.41) is 8.18. The molecule has 2 heterocycles. The van der Waals surface area contributed by atoms with E-state index in [9.17, 15) is 0 Å². The summed E-state index contributed by atoms with van der Waals surface area (Å²) in [6, 6.07) is 41.8. The van der Waals surface area contributed by atoms with E-state index in [1.807, 2.05) is 22.7 Å². The summed E-state index contributed by atoms with van der Waals surface area (Å²) in [4.78, 5) is 0. The van der Waals surface area contributed by atoms with Crippen LogP contribution in [0.25, 0.3) is 73.4 Å². The fourth-order valence-electron chi connectivity index (χ4n) is 6.75. The molecule has 0 saturated heterocycles. The van der Waals surface area contributed by atoms with Gasteiger partial charge in [0.1, 0.15) is 0 Å². The zero-order valence-corrected chi connectivity index (χ0v) is 27.1. The Labute approximate surface area is 267 Å². The van der Waals surface area contributed by atoms with Crippen LogP contribution in [0.2, 0.25) is 0 Å². The zero-order chi connectivity index (χ0) is 29.6. The van der Waals surface area contributed by atoms with Crippen LogP contribution in [0, 0.1) is 0 Å². The first-order valence-electron chi connectivity index (χ1n) is 16.1. The fourth-order valence-corrected chi connectivity index (χ4v) is 9.50. The van der Waals surface area contributed by atoms with E-state index in [0.29, 0.717) is 0 Å². The summed E-state index contributed by atoms with van der Waals surface area (Å²) in [5.41, 5.74) is 8.04. The summed E-state index contributed by atoms with van der Waals surface area (Å²) in [5.74, 6) is 0. The summed E-state index contributed by atoms with van der Waals surface area (Å²) in [7, 11) is 0. The van der Waals surface area contributed by atoms with Crippen molar-refractivity contribution in [3.63, 3.8) is 0 Å². The summed E-state index contributed by atoms with van der Waals surface area (Å²) in [6.45, 7) is 4.51. The lowest BCUT2D eigenvalue weighted by Gasteiger charge is -2.07. The van der Waals surface area contributed by atoms with Crippen molar-refractivity contribution in [3.05, 3.63) is 120 Å². The Hall–Kier alpha value is -3.98. The van der Waals surface area contributed by atoms with Gasteiger partial charge < -0.3 is 0 Å². The number of hydrogen-bond donors (Lipinski definition) is 0. The molecule has 0 bridgehead atoms. The summed E-state index contributed by atoms with van der Waals surface area (Å²) < 4.78 is 5.62. The van der Waals surface area contributed by atoms with Crippen molar-refractivity contribution < 1.29 is 0 Å². The van der Waals surface area contributed by atoms with Crippen LogP contribution in [-0.2, 0) is 12.8 Å². The first kappa shape index (κ1) is 27.6. The quantitative estimate of drug-likeness (QED) is 0.162. The van der Waals surface area contributed by atoms with Crippen molar-refractivity contribution in [3.8, 4) is 22.3 Å². The standard InChI is InChI=1S/C42H36S2/c1-3-5-7-27-9-13-29(14-10-27)31-17-21-35-33(25-31)19-23-37-39(35)41-42(43-37)40-36-22-18-32(26-34(36)20-24-38(40)44-41)30-15-11-28(12-16-30)8-6-4-2/h9-26H,3-8H2,1-2H3. The highest BCUT2D eigenvalue weighted by Gasteiger charge is 2.17. The molecular formula is C42H36S2. The first-order chi connectivity index (χ1) is 21.7. The van der Waals surface area contributed by atoms with Gasteiger partial charge in [0.15, 0.2) is 0 Å². The molecule has 0 N–H and O–H groups in total. The second-order valence-corrected chi connectivity index (χ2v) is 14.3. The molecule has 0 unspecified atom stereocenters. The van der Waals surface area contributed by atoms with Gasteiger partial charge in [0.05, 0.1) is 9.40 Å². The van der Waals surface area contributed by atoms with Gasteiger partial charge in [-0.25, -0.2) is 0 Å². The molecular weight excluding hydrogens is 569 g/mol. The molecule has 6 aromatic carbocycles. The second-order valence-electron chi connectivity index (χ2n) is 12.2. The van der Waals surface area contributed by atoms with Crippen LogP contribution >= 0.6 is 22.7 Å². The number of rotatable bonds is 8. The van der Waals surface area contributed by atoms with Crippen LogP contribution in [-0.4, -0.2) is 0 Å². The maximum Gasteiger partial charge on any atom is 0.0548 e. The van der Waals surface area contributed by atoms with E-state index in [2.05, 4.69) is 123 Å². The maximum absolute atomic E-state index is 2.37. The second kappa shape index (κ2) is 11.5. The monoisotopic (exact) mass is 604 g/mol. The van der Waals surface area contributed by atoms with E-state index < -0.39 is 0 Å². The lowest BCUT2D eigenvalue weighted by Crippen LogP contribution is -1.85. The Morgan fingerprint density at radius 1 is 0.432 bits per heavy atom. The van der Waals surface area contributed by atoms with Gasteiger partial charge >= 0.3 is 0 Å². The molecule has 0 saturated carbocycles. The number of hydrogen-bond acceptors (Lipinski definition) is 2. The van der Waals surface area contributed by atoms with Gasteiger partial charge in [-0.05, 0) is 105 Å². The van der Waals surface area contributed by atoms with E-state index >= 15 is 0 Å². The van der Waals surface area contributed by atoms with Gasteiger partial charge in [-0.3, -0.25) is 0 Å². The molecule has 44 heavy (non-hydrogen) atoms. The molecule has 8 rings (SSSR count).